The van der Waals surface area contributed by atoms with Crippen LogP contribution in [0.4, 0.5) is 0 Å². The SMILES string of the molecule is CNC(=O)C1Cc2ccccc2CN1C(=O)c1cc(-c2cccs2)nn1-c1ccccc1. The van der Waals surface area contributed by atoms with Crippen LogP contribution in [0.5, 0.6) is 0 Å². The van der Waals surface area contributed by atoms with Gasteiger partial charge in [-0.25, -0.2) is 4.68 Å². The van der Waals surface area contributed by atoms with Crippen molar-refractivity contribution in [2.24, 2.45) is 0 Å². The fraction of sp³-hybridized carbons (Fsp3) is 0.160. The Kier molecular flexibility index (Phi) is 5.33. The van der Waals surface area contributed by atoms with Crippen LogP contribution in [-0.2, 0) is 17.8 Å². The first-order valence-electron chi connectivity index (χ1n) is 10.4. The van der Waals surface area contributed by atoms with E-state index in [0.29, 0.717) is 18.7 Å². The summed E-state index contributed by atoms with van der Waals surface area (Å²) in [5.74, 6) is -0.385. The molecule has 5 rings (SSSR count). The van der Waals surface area contributed by atoms with Crippen molar-refractivity contribution in [3.05, 3.63) is 95.0 Å². The second-order valence-electron chi connectivity index (χ2n) is 7.68. The molecule has 0 saturated carbocycles. The molecule has 0 saturated heterocycles. The first-order chi connectivity index (χ1) is 15.7. The van der Waals surface area contributed by atoms with Crippen LogP contribution in [0.3, 0.4) is 0 Å². The number of nitrogens with zero attached hydrogens (tertiary/aromatic N) is 3. The first-order valence-corrected chi connectivity index (χ1v) is 11.3. The third-order valence-electron chi connectivity index (χ3n) is 5.76. The average Bonchev–Trinajstić information content (AvgIpc) is 3.53. The summed E-state index contributed by atoms with van der Waals surface area (Å²) in [7, 11) is 1.61. The van der Waals surface area contributed by atoms with E-state index >= 15 is 0 Å². The van der Waals surface area contributed by atoms with Crippen molar-refractivity contribution in [2.75, 3.05) is 7.05 Å². The Bertz CT molecular complexity index is 1260. The number of carbonyl (C=O) groups is 2. The molecule has 3 heterocycles. The zero-order valence-electron chi connectivity index (χ0n) is 17.6. The molecule has 1 aliphatic rings. The predicted molar refractivity (Wildman–Crippen MR) is 125 cm³/mol. The minimum absolute atomic E-state index is 0.169. The van der Waals surface area contributed by atoms with E-state index in [1.807, 2.05) is 78.2 Å². The summed E-state index contributed by atoms with van der Waals surface area (Å²) < 4.78 is 1.68. The number of amides is 2. The number of carbonyl (C=O) groups excluding carboxylic acids is 2. The third kappa shape index (κ3) is 3.61. The van der Waals surface area contributed by atoms with Gasteiger partial charge in [-0.05, 0) is 40.8 Å². The van der Waals surface area contributed by atoms with Gasteiger partial charge in [-0.2, -0.15) is 5.10 Å². The summed E-state index contributed by atoms with van der Waals surface area (Å²) in [4.78, 5) is 29.3. The number of thiophene rings is 1. The van der Waals surface area contributed by atoms with Gasteiger partial charge >= 0.3 is 0 Å². The molecule has 6 nitrogen and oxygen atoms in total. The van der Waals surface area contributed by atoms with Gasteiger partial charge in [-0.1, -0.05) is 48.5 Å². The molecule has 32 heavy (non-hydrogen) atoms. The zero-order chi connectivity index (χ0) is 22.1. The highest BCUT2D eigenvalue weighted by molar-refractivity contribution is 7.13. The van der Waals surface area contributed by atoms with Crippen molar-refractivity contribution in [1.82, 2.24) is 20.0 Å². The zero-order valence-corrected chi connectivity index (χ0v) is 18.4. The topological polar surface area (TPSA) is 67.2 Å². The maximum absolute atomic E-state index is 13.9. The number of nitrogens with one attached hydrogen (secondary N) is 1. The Hall–Kier alpha value is -3.71. The number of para-hydroxylation sites is 1. The van der Waals surface area contributed by atoms with Crippen molar-refractivity contribution < 1.29 is 9.59 Å². The predicted octanol–water partition coefficient (Wildman–Crippen LogP) is 3.91. The van der Waals surface area contributed by atoms with Crippen LogP contribution in [0.1, 0.15) is 21.6 Å². The lowest BCUT2D eigenvalue weighted by atomic mass is 9.93. The summed E-state index contributed by atoms with van der Waals surface area (Å²) in [5, 5.41) is 9.46. The normalized spacial score (nSPS) is 15.3. The fourth-order valence-corrected chi connectivity index (χ4v) is 4.81. The smallest absolute Gasteiger partial charge is 0.273 e. The summed E-state index contributed by atoms with van der Waals surface area (Å²) >= 11 is 1.58. The van der Waals surface area contributed by atoms with E-state index < -0.39 is 6.04 Å². The molecule has 7 heteroatoms. The van der Waals surface area contributed by atoms with Gasteiger partial charge in [0.1, 0.15) is 17.4 Å². The fourth-order valence-electron chi connectivity index (χ4n) is 4.13. The van der Waals surface area contributed by atoms with Crippen LogP contribution < -0.4 is 5.32 Å². The number of hydrogen-bond acceptors (Lipinski definition) is 4. The second-order valence-corrected chi connectivity index (χ2v) is 8.62. The van der Waals surface area contributed by atoms with Gasteiger partial charge in [0.2, 0.25) is 5.91 Å². The molecule has 0 radical (unpaired) electrons. The highest BCUT2D eigenvalue weighted by Crippen LogP contribution is 2.29. The van der Waals surface area contributed by atoms with Crippen LogP contribution in [0.15, 0.2) is 78.2 Å². The van der Waals surface area contributed by atoms with Crippen molar-refractivity contribution in [1.29, 1.82) is 0 Å². The first kappa shape index (κ1) is 20.2. The lowest BCUT2D eigenvalue weighted by Gasteiger charge is -2.35. The molecule has 1 aliphatic heterocycles. The standard InChI is InChI=1S/C25H22N4O2S/c1-26-24(30)21-14-17-8-5-6-9-18(17)16-28(21)25(31)22-15-20(23-12-7-13-32-23)27-29(22)19-10-3-2-4-11-19/h2-13,15,21H,14,16H2,1H3,(H,26,30). The van der Waals surface area contributed by atoms with E-state index in [2.05, 4.69) is 5.32 Å². The van der Waals surface area contributed by atoms with E-state index in [-0.39, 0.29) is 11.8 Å². The summed E-state index contributed by atoms with van der Waals surface area (Å²) in [6, 6.07) is 22.8. The second kappa shape index (κ2) is 8.43. The Morgan fingerprint density at radius 3 is 2.47 bits per heavy atom. The van der Waals surface area contributed by atoms with Gasteiger partial charge in [0.25, 0.3) is 5.91 Å². The van der Waals surface area contributed by atoms with Crippen LogP contribution >= 0.6 is 11.3 Å². The van der Waals surface area contributed by atoms with Crippen molar-refractivity contribution in [3.63, 3.8) is 0 Å². The van der Waals surface area contributed by atoms with Crippen LogP contribution in [0, 0.1) is 0 Å². The lowest BCUT2D eigenvalue weighted by molar-refractivity contribution is -0.125. The number of rotatable bonds is 4. The van der Waals surface area contributed by atoms with Gasteiger partial charge in [-0.15, -0.1) is 11.3 Å². The highest BCUT2D eigenvalue weighted by atomic mass is 32.1. The molecule has 2 aromatic carbocycles. The maximum Gasteiger partial charge on any atom is 0.273 e. The van der Waals surface area contributed by atoms with E-state index in [0.717, 1.165) is 27.4 Å². The summed E-state index contributed by atoms with van der Waals surface area (Å²) in [6.45, 7) is 0.376. The molecule has 0 spiro atoms. The van der Waals surface area contributed by atoms with E-state index in [1.54, 1.807) is 28.0 Å². The van der Waals surface area contributed by atoms with E-state index in [9.17, 15) is 9.59 Å². The molecule has 160 valence electrons. The molecule has 2 aromatic heterocycles. The molecule has 1 N–H and O–H groups in total. The van der Waals surface area contributed by atoms with Crippen LogP contribution in [0.25, 0.3) is 16.3 Å². The molecular weight excluding hydrogens is 420 g/mol. The molecule has 1 atom stereocenters. The maximum atomic E-state index is 13.9. The number of hydrogen-bond donors (Lipinski definition) is 1. The molecular formula is C25H22N4O2S. The van der Waals surface area contributed by atoms with E-state index in [4.69, 9.17) is 5.10 Å². The molecule has 0 fully saturated rings. The Labute approximate surface area is 190 Å². The summed E-state index contributed by atoms with van der Waals surface area (Å²) in [6.07, 6.45) is 0.485. The van der Waals surface area contributed by atoms with Gasteiger partial charge in [-0.3, -0.25) is 9.59 Å². The number of benzene rings is 2. The van der Waals surface area contributed by atoms with Crippen molar-refractivity contribution >= 4 is 23.2 Å². The molecule has 0 bridgehead atoms. The largest absolute Gasteiger partial charge is 0.357 e. The summed E-state index contributed by atoms with van der Waals surface area (Å²) in [5.41, 5.74) is 4.13. The van der Waals surface area contributed by atoms with Crippen molar-refractivity contribution in [3.8, 4) is 16.3 Å². The number of aromatic nitrogens is 2. The van der Waals surface area contributed by atoms with Crippen LogP contribution in [-0.4, -0.2) is 39.6 Å². The van der Waals surface area contributed by atoms with Gasteiger partial charge in [0.05, 0.1) is 10.6 Å². The monoisotopic (exact) mass is 442 g/mol. The Morgan fingerprint density at radius 2 is 1.75 bits per heavy atom. The minimum atomic E-state index is -0.577. The molecule has 2 amide bonds. The number of fused-ring (bicyclic) bond motifs is 1. The molecule has 4 aromatic rings. The minimum Gasteiger partial charge on any atom is -0.357 e. The van der Waals surface area contributed by atoms with E-state index in [1.165, 1.54) is 0 Å². The quantitative estimate of drug-likeness (QED) is 0.521. The van der Waals surface area contributed by atoms with Crippen molar-refractivity contribution in [2.45, 2.75) is 19.0 Å². The Balaban J connectivity index is 1.60. The third-order valence-corrected chi connectivity index (χ3v) is 6.65. The van der Waals surface area contributed by atoms with Gasteiger partial charge in [0, 0.05) is 20.0 Å². The van der Waals surface area contributed by atoms with Crippen LogP contribution in [0.2, 0.25) is 0 Å². The molecule has 1 unspecified atom stereocenters. The number of likely N-dealkylation sites (N-methyl/N-ethyl adjacent to an activating group) is 1. The van der Waals surface area contributed by atoms with Gasteiger partial charge < -0.3 is 10.2 Å². The Morgan fingerprint density at radius 1 is 1.00 bits per heavy atom. The molecule has 0 aliphatic carbocycles. The average molecular weight is 443 g/mol. The highest BCUT2D eigenvalue weighted by Gasteiger charge is 2.36. The van der Waals surface area contributed by atoms with Gasteiger partial charge in [0.15, 0.2) is 0 Å². The lowest BCUT2D eigenvalue weighted by Crippen LogP contribution is -2.52.